The van der Waals surface area contributed by atoms with Crippen LogP contribution in [0.1, 0.15) is 16.7 Å². The second-order valence-corrected chi connectivity index (χ2v) is 6.19. The highest BCUT2D eigenvalue weighted by molar-refractivity contribution is 6.30. The van der Waals surface area contributed by atoms with Gasteiger partial charge in [-0.3, -0.25) is 4.98 Å². The van der Waals surface area contributed by atoms with Crippen molar-refractivity contribution in [3.05, 3.63) is 94.8 Å². The zero-order chi connectivity index (χ0) is 18.2. The fourth-order valence-electron chi connectivity index (χ4n) is 2.37. The monoisotopic (exact) mass is 367 g/mol. The van der Waals surface area contributed by atoms with Crippen molar-refractivity contribution in [1.29, 1.82) is 0 Å². The number of carbonyl (C=O) groups excluding carboxylic acids is 1. The van der Waals surface area contributed by atoms with Crippen LogP contribution in [0.3, 0.4) is 0 Å². The SMILES string of the molecule is O=C(COc1ccc(Cc2ccc(Cl)cc2)cc1)OCc1cccnc1. The lowest BCUT2D eigenvalue weighted by molar-refractivity contribution is -0.147. The van der Waals surface area contributed by atoms with Crippen LogP contribution in [0, 0.1) is 0 Å². The van der Waals surface area contributed by atoms with Crippen LogP contribution in [0.4, 0.5) is 0 Å². The summed E-state index contributed by atoms with van der Waals surface area (Å²) in [5, 5.41) is 0.730. The number of pyridine rings is 1. The van der Waals surface area contributed by atoms with Crippen molar-refractivity contribution in [2.75, 3.05) is 6.61 Å². The summed E-state index contributed by atoms with van der Waals surface area (Å²) in [7, 11) is 0. The van der Waals surface area contributed by atoms with E-state index >= 15 is 0 Å². The molecule has 5 heteroatoms. The van der Waals surface area contributed by atoms with Crippen LogP contribution in [0.25, 0.3) is 0 Å². The van der Waals surface area contributed by atoms with Crippen LogP contribution in [0.5, 0.6) is 5.75 Å². The number of hydrogen-bond donors (Lipinski definition) is 0. The van der Waals surface area contributed by atoms with Gasteiger partial charge in [-0.25, -0.2) is 4.79 Å². The number of ether oxygens (including phenoxy) is 2. The first-order valence-electron chi connectivity index (χ1n) is 8.20. The van der Waals surface area contributed by atoms with E-state index < -0.39 is 5.97 Å². The van der Waals surface area contributed by atoms with Crippen molar-refractivity contribution in [3.8, 4) is 5.75 Å². The second kappa shape index (κ2) is 9.02. The highest BCUT2D eigenvalue weighted by Gasteiger charge is 2.05. The Balaban J connectivity index is 1.45. The minimum Gasteiger partial charge on any atom is -0.482 e. The fourth-order valence-corrected chi connectivity index (χ4v) is 2.50. The van der Waals surface area contributed by atoms with Crippen LogP contribution in [-0.2, 0) is 22.6 Å². The van der Waals surface area contributed by atoms with Gasteiger partial charge in [0.1, 0.15) is 12.4 Å². The molecule has 0 radical (unpaired) electrons. The molecule has 1 aromatic heterocycles. The van der Waals surface area contributed by atoms with E-state index in [0.717, 1.165) is 22.6 Å². The molecule has 0 atom stereocenters. The molecule has 0 N–H and O–H groups in total. The van der Waals surface area contributed by atoms with Gasteiger partial charge in [-0.15, -0.1) is 0 Å². The lowest BCUT2D eigenvalue weighted by atomic mass is 10.1. The van der Waals surface area contributed by atoms with Crippen molar-refractivity contribution in [2.24, 2.45) is 0 Å². The lowest BCUT2D eigenvalue weighted by Crippen LogP contribution is -2.14. The average Bonchev–Trinajstić information content (AvgIpc) is 2.68. The van der Waals surface area contributed by atoms with Gasteiger partial charge in [-0.05, 0) is 47.9 Å². The number of carbonyl (C=O) groups is 1. The fraction of sp³-hybridized carbons (Fsp3) is 0.143. The summed E-state index contributed by atoms with van der Waals surface area (Å²) in [6.07, 6.45) is 4.14. The molecule has 3 rings (SSSR count). The summed E-state index contributed by atoms with van der Waals surface area (Å²) < 4.78 is 10.6. The summed E-state index contributed by atoms with van der Waals surface area (Å²) in [5.41, 5.74) is 3.17. The van der Waals surface area contributed by atoms with E-state index in [9.17, 15) is 4.79 Å². The van der Waals surface area contributed by atoms with Gasteiger partial charge in [0.15, 0.2) is 6.61 Å². The van der Waals surface area contributed by atoms with Crippen LogP contribution < -0.4 is 4.74 Å². The van der Waals surface area contributed by atoms with Gasteiger partial charge in [0.25, 0.3) is 0 Å². The first-order valence-corrected chi connectivity index (χ1v) is 8.57. The van der Waals surface area contributed by atoms with E-state index in [1.165, 1.54) is 5.56 Å². The molecule has 0 fully saturated rings. The van der Waals surface area contributed by atoms with E-state index in [1.54, 1.807) is 18.5 Å². The largest absolute Gasteiger partial charge is 0.482 e. The number of esters is 1. The molecular weight excluding hydrogens is 350 g/mol. The Kier molecular flexibility index (Phi) is 6.23. The van der Waals surface area contributed by atoms with Gasteiger partial charge in [0.2, 0.25) is 0 Å². The maximum absolute atomic E-state index is 11.7. The Morgan fingerprint density at radius 3 is 2.27 bits per heavy atom. The van der Waals surface area contributed by atoms with Crippen molar-refractivity contribution in [2.45, 2.75) is 13.0 Å². The third kappa shape index (κ3) is 5.60. The number of rotatable bonds is 7. The summed E-state index contributed by atoms with van der Waals surface area (Å²) in [6.45, 7) is 0.0624. The third-order valence-electron chi connectivity index (χ3n) is 3.72. The number of nitrogens with zero attached hydrogens (tertiary/aromatic N) is 1. The van der Waals surface area contributed by atoms with Crippen LogP contribution >= 0.6 is 11.6 Å². The first kappa shape index (κ1) is 18.0. The van der Waals surface area contributed by atoms with Gasteiger partial charge in [0, 0.05) is 23.0 Å². The Morgan fingerprint density at radius 2 is 1.62 bits per heavy atom. The topological polar surface area (TPSA) is 48.4 Å². The van der Waals surface area contributed by atoms with E-state index in [0.29, 0.717) is 5.75 Å². The van der Waals surface area contributed by atoms with Gasteiger partial charge >= 0.3 is 5.97 Å². The molecule has 0 unspecified atom stereocenters. The zero-order valence-corrected chi connectivity index (χ0v) is 14.9. The molecule has 0 saturated heterocycles. The van der Waals surface area contributed by atoms with Gasteiger partial charge in [-0.1, -0.05) is 41.9 Å². The van der Waals surface area contributed by atoms with E-state index in [4.69, 9.17) is 21.1 Å². The average molecular weight is 368 g/mol. The first-order chi connectivity index (χ1) is 12.7. The summed E-state index contributed by atoms with van der Waals surface area (Å²) in [6, 6.07) is 19.1. The van der Waals surface area contributed by atoms with Gasteiger partial charge in [-0.2, -0.15) is 0 Å². The van der Waals surface area contributed by atoms with Crippen LogP contribution in [-0.4, -0.2) is 17.6 Å². The molecule has 0 spiro atoms. The predicted molar refractivity (Wildman–Crippen MR) is 100 cm³/mol. The molecule has 26 heavy (non-hydrogen) atoms. The third-order valence-corrected chi connectivity index (χ3v) is 3.98. The summed E-state index contributed by atoms with van der Waals surface area (Å²) in [5.74, 6) is 0.210. The molecule has 1 heterocycles. The second-order valence-electron chi connectivity index (χ2n) is 5.76. The molecule has 0 saturated carbocycles. The molecule has 0 bridgehead atoms. The van der Waals surface area contributed by atoms with Crippen molar-refractivity contribution in [3.63, 3.8) is 0 Å². The maximum atomic E-state index is 11.7. The standard InChI is InChI=1S/C21H18ClNO3/c22-19-7-3-16(4-8-19)12-17-5-9-20(10-6-17)25-15-21(24)26-14-18-2-1-11-23-13-18/h1-11,13H,12,14-15H2. The van der Waals surface area contributed by atoms with E-state index in [2.05, 4.69) is 4.98 Å². The molecule has 3 aromatic rings. The normalized spacial score (nSPS) is 10.3. The molecule has 0 amide bonds. The predicted octanol–water partition coefficient (Wildman–Crippen LogP) is 4.45. The molecule has 0 aliphatic carbocycles. The molecule has 0 aliphatic rings. The molecule has 132 valence electrons. The number of halogens is 1. The Morgan fingerprint density at radius 1 is 0.923 bits per heavy atom. The number of aromatic nitrogens is 1. The minimum absolute atomic E-state index is 0.128. The van der Waals surface area contributed by atoms with Crippen LogP contribution in [0.2, 0.25) is 5.02 Å². The van der Waals surface area contributed by atoms with Crippen molar-refractivity contribution >= 4 is 17.6 Å². The van der Waals surface area contributed by atoms with E-state index in [1.807, 2.05) is 54.6 Å². The van der Waals surface area contributed by atoms with Gasteiger partial charge in [0.05, 0.1) is 0 Å². The molecule has 2 aromatic carbocycles. The minimum atomic E-state index is -0.418. The Bertz CT molecular complexity index is 833. The number of hydrogen-bond acceptors (Lipinski definition) is 4. The highest BCUT2D eigenvalue weighted by atomic mass is 35.5. The van der Waals surface area contributed by atoms with Crippen molar-refractivity contribution in [1.82, 2.24) is 4.98 Å². The molecule has 4 nitrogen and oxygen atoms in total. The lowest BCUT2D eigenvalue weighted by Gasteiger charge is -2.08. The van der Waals surface area contributed by atoms with Crippen LogP contribution in [0.15, 0.2) is 73.1 Å². The van der Waals surface area contributed by atoms with Crippen molar-refractivity contribution < 1.29 is 14.3 Å². The Labute approximate surface area is 157 Å². The smallest absolute Gasteiger partial charge is 0.344 e. The molecule has 0 aliphatic heterocycles. The molecular formula is C21H18ClNO3. The maximum Gasteiger partial charge on any atom is 0.344 e. The summed E-state index contributed by atoms with van der Waals surface area (Å²) >= 11 is 5.90. The quantitative estimate of drug-likeness (QED) is 0.579. The zero-order valence-electron chi connectivity index (χ0n) is 14.1. The Hall–Kier alpha value is -2.85. The highest BCUT2D eigenvalue weighted by Crippen LogP contribution is 2.17. The number of benzene rings is 2. The van der Waals surface area contributed by atoms with E-state index in [-0.39, 0.29) is 13.2 Å². The van der Waals surface area contributed by atoms with Gasteiger partial charge < -0.3 is 9.47 Å². The summed E-state index contributed by atoms with van der Waals surface area (Å²) in [4.78, 5) is 15.7.